The predicted molar refractivity (Wildman–Crippen MR) is 133 cm³/mol. The van der Waals surface area contributed by atoms with Crippen molar-refractivity contribution in [2.45, 2.75) is 80.6 Å². The molecule has 2 aromatic rings. The molecule has 0 fully saturated rings. The lowest BCUT2D eigenvalue weighted by molar-refractivity contribution is -0.430. The Hall–Kier alpha value is -2.27. The van der Waals surface area contributed by atoms with Crippen molar-refractivity contribution >= 4 is 11.6 Å². The van der Waals surface area contributed by atoms with E-state index in [1.807, 2.05) is 0 Å². The van der Waals surface area contributed by atoms with E-state index in [-0.39, 0.29) is 24.3 Å². The lowest BCUT2D eigenvalue weighted by atomic mass is 9.89. The topological polar surface area (TPSA) is 36.9 Å². The minimum Gasteiger partial charge on any atom is -0.365 e. The molecule has 250 valence electrons. The van der Waals surface area contributed by atoms with Gasteiger partial charge in [0.25, 0.3) is 0 Å². The molecule has 0 spiro atoms. The highest BCUT2D eigenvalue weighted by Gasteiger charge is 2.91. The Morgan fingerprint density at radius 2 is 0.932 bits per heavy atom. The molecule has 17 heteroatoms. The van der Waals surface area contributed by atoms with Crippen molar-refractivity contribution in [1.29, 1.82) is 0 Å². The van der Waals surface area contributed by atoms with Crippen LogP contribution in [0.25, 0.3) is 0 Å². The standard InChI is InChI=1S/C27H27ClF12O4/c1-3-41-21(42-4-2)19(43-15-17-11-7-5-8-12-17)20(44-16-18-13-9-6-10-14-18)22(29,30)23(31,32)24(33,34)25(35,36)26(37,38)27(28,39)40/h5-14,19-21H,3-4,15-16H2,1-2H3/t19-,20-/m1/s1. The molecule has 2 atom stereocenters. The van der Waals surface area contributed by atoms with Crippen molar-refractivity contribution in [2.75, 3.05) is 13.2 Å². The van der Waals surface area contributed by atoms with Crippen molar-refractivity contribution < 1.29 is 71.6 Å². The second-order valence-electron chi connectivity index (χ2n) is 9.18. The Morgan fingerprint density at radius 1 is 0.545 bits per heavy atom. The van der Waals surface area contributed by atoms with Crippen LogP contribution in [0.15, 0.2) is 60.7 Å². The summed E-state index contributed by atoms with van der Waals surface area (Å²) in [7, 11) is 0. The first-order valence-electron chi connectivity index (χ1n) is 12.7. The average molecular weight is 679 g/mol. The van der Waals surface area contributed by atoms with Gasteiger partial charge in [-0.15, -0.1) is 0 Å². The van der Waals surface area contributed by atoms with Crippen LogP contribution >= 0.6 is 11.6 Å². The Kier molecular flexibility index (Phi) is 12.4. The van der Waals surface area contributed by atoms with Gasteiger partial charge < -0.3 is 18.9 Å². The van der Waals surface area contributed by atoms with Crippen molar-refractivity contribution in [1.82, 2.24) is 0 Å². The monoisotopic (exact) mass is 678 g/mol. The third-order valence-corrected chi connectivity index (χ3v) is 6.34. The smallest absolute Gasteiger partial charge is 0.365 e. The average Bonchev–Trinajstić information content (AvgIpc) is 2.94. The molecule has 0 aliphatic carbocycles. The summed E-state index contributed by atoms with van der Waals surface area (Å²) in [6.07, 6.45) is -8.46. The van der Waals surface area contributed by atoms with Crippen molar-refractivity contribution in [2.24, 2.45) is 0 Å². The highest BCUT2D eigenvalue weighted by atomic mass is 35.5. The number of benzene rings is 2. The van der Waals surface area contributed by atoms with Gasteiger partial charge in [-0.1, -0.05) is 60.7 Å². The van der Waals surface area contributed by atoms with E-state index in [9.17, 15) is 35.1 Å². The van der Waals surface area contributed by atoms with E-state index in [2.05, 4.69) is 11.6 Å². The van der Waals surface area contributed by atoms with Crippen LogP contribution in [0.2, 0.25) is 0 Å². The fourth-order valence-corrected chi connectivity index (χ4v) is 3.89. The molecule has 0 saturated heterocycles. The minimum atomic E-state index is -7.86. The molecule has 44 heavy (non-hydrogen) atoms. The zero-order valence-corrected chi connectivity index (χ0v) is 23.6. The van der Waals surface area contributed by atoms with Gasteiger partial charge in [-0.05, 0) is 36.6 Å². The van der Waals surface area contributed by atoms with E-state index >= 15 is 17.6 Å². The molecule has 0 aliphatic heterocycles. The number of halogens is 13. The van der Waals surface area contributed by atoms with Crippen LogP contribution < -0.4 is 0 Å². The summed E-state index contributed by atoms with van der Waals surface area (Å²) in [5.41, 5.74) is 0.190. The fraction of sp³-hybridized carbons (Fsp3) is 0.556. The maximum Gasteiger partial charge on any atom is 0.393 e. The molecule has 0 N–H and O–H groups in total. The Bertz CT molecular complexity index is 1140. The molecular weight excluding hydrogens is 652 g/mol. The van der Waals surface area contributed by atoms with Crippen molar-refractivity contribution in [3.05, 3.63) is 71.8 Å². The quantitative estimate of drug-likeness (QED) is 0.0900. The first-order chi connectivity index (χ1) is 20.2. The number of hydrogen-bond donors (Lipinski definition) is 0. The first kappa shape index (κ1) is 37.9. The molecule has 0 saturated carbocycles. The molecular formula is C27H27ClF12O4. The summed E-state index contributed by atoms with van der Waals surface area (Å²) in [5, 5.41) is -6.56. The first-order valence-corrected chi connectivity index (χ1v) is 13.1. The molecule has 2 aromatic carbocycles. The summed E-state index contributed by atoms with van der Waals surface area (Å²) in [6.45, 7) is 0.0399. The zero-order valence-electron chi connectivity index (χ0n) is 22.9. The normalized spacial score (nSPS) is 15.5. The summed E-state index contributed by atoms with van der Waals surface area (Å²) in [5.74, 6) is -37.2. The Labute approximate surface area is 249 Å². The van der Waals surface area contributed by atoms with Crippen molar-refractivity contribution in [3.8, 4) is 0 Å². The number of hydrogen-bond acceptors (Lipinski definition) is 4. The third kappa shape index (κ3) is 7.57. The molecule has 0 unspecified atom stereocenters. The van der Waals surface area contributed by atoms with Gasteiger partial charge in [0.15, 0.2) is 12.4 Å². The largest absolute Gasteiger partial charge is 0.393 e. The van der Waals surface area contributed by atoms with Gasteiger partial charge in [-0.3, -0.25) is 0 Å². The highest BCUT2D eigenvalue weighted by molar-refractivity contribution is 6.22. The van der Waals surface area contributed by atoms with E-state index in [4.69, 9.17) is 18.9 Å². The van der Waals surface area contributed by atoms with E-state index in [0.717, 1.165) is 0 Å². The van der Waals surface area contributed by atoms with Gasteiger partial charge in [0.1, 0.15) is 6.10 Å². The van der Waals surface area contributed by atoms with E-state index in [1.54, 1.807) is 0 Å². The van der Waals surface area contributed by atoms with Gasteiger partial charge in [0, 0.05) is 13.2 Å². The van der Waals surface area contributed by atoms with Crippen LogP contribution in [0.4, 0.5) is 52.7 Å². The maximum atomic E-state index is 15.8. The molecule has 0 aromatic heterocycles. The van der Waals surface area contributed by atoms with Crippen LogP contribution in [-0.4, -0.2) is 66.7 Å². The van der Waals surface area contributed by atoms with E-state index in [0.29, 0.717) is 0 Å². The van der Waals surface area contributed by atoms with Crippen LogP contribution in [0.1, 0.15) is 25.0 Å². The molecule has 4 nitrogen and oxygen atoms in total. The number of ether oxygens (including phenoxy) is 4. The van der Waals surface area contributed by atoms with Gasteiger partial charge in [-0.25, -0.2) is 0 Å². The second kappa shape index (κ2) is 14.4. The minimum absolute atomic E-state index is 0.0202. The SMILES string of the molecule is CCOC(OCC)[C@H](OCc1ccccc1)[C@@H](OCc1ccccc1)C(F)(F)C(F)(F)C(F)(F)C(F)(F)C(F)(F)C(F)(F)Cl. The summed E-state index contributed by atoms with van der Waals surface area (Å²) < 4.78 is 193. The molecule has 2 rings (SSSR count). The van der Waals surface area contributed by atoms with Gasteiger partial charge in [-0.2, -0.15) is 52.7 Å². The Morgan fingerprint density at radius 3 is 1.32 bits per heavy atom. The summed E-state index contributed by atoms with van der Waals surface area (Å²) in [4.78, 5) is 0. The lowest BCUT2D eigenvalue weighted by Crippen LogP contribution is -2.73. The summed E-state index contributed by atoms with van der Waals surface area (Å²) >= 11 is 3.81. The molecule has 0 amide bonds. The Balaban J connectivity index is 2.73. The molecule has 0 aliphatic rings. The molecule has 0 radical (unpaired) electrons. The fourth-order valence-electron chi connectivity index (χ4n) is 3.77. The van der Waals surface area contributed by atoms with Crippen LogP contribution in [0, 0.1) is 0 Å². The summed E-state index contributed by atoms with van der Waals surface area (Å²) in [6, 6.07) is 13.8. The van der Waals surface area contributed by atoms with E-state index in [1.165, 1.54) is 74.5 Å². The highest BCUT2D eigenvalue weighted by Crippen LogP contribution is 2.61. The molecule has 0 bridgehead atoms. The van der Waals surface area contributed by atoms with Gasteiger partial charge in [0.05, 0.1) is 13.2 Å². The van der Waals surface area contributed by atoms with Crippen molar-refractivity contribution in [3.63, 3.8) is 0 Å². The van der Waals surface area contributed by atoms with Gasteiger partial charge in [0.2, 0.25) is 0 Å². The zero-order chi connectivity index (χ0) is 33.6. The number of rotatable bonds is 18. The van der Waals surface area contributed by atoms with E-state index < -0.39 is 66.7 Å². The number of alkyl halides is 13. The van der Waals surface area contributed by atoms with Crippen LogP contribution in [0.3, 0.4) is 0 Å². The maximum absolute atomic E-state index is 15.8. The van der Waals surface area contributed by atoms with Gasteiger partial charge >= 0.3 is 35.0 Å². The predicted octanol–water partition coefficient (Wildman–Crippen LogP) is 8.56. The van der Waals surface area contributed by atoms with Crippen LogP contribution in [-0.2, 0) is 32.2 Å². The second-order valence-corrected chi connectivity index (χ2v) is 9.65. The van der Waals surface area contributed by atoms with Crippen LogP contribution in [0.5, 0.6) is 0 Å². The lowest BCUT2D eigenvalue weighted by Gasteiger charge is -2.44. The molecule has 0 heterocycles. The third-order valence-electron chi connectivity index (χ3n) is 6.10.